The smallest absolute Gasteiger partial charge is 0.123 e. The molecule has 0 saturated carbocycles. The van der Waals surface area contributed by atoms with Crippen LogP contribution in [-0.4, -0.2) is 36.9 Å². The maximum atomic E-state index is 12.8. The van der Waals surface area contributed by atoms with Crippen LogP contribution in [0, 0.1) is 5.82 Å². The van der Waals surface area contributed by atoms with Gasteiger partial charge in [-0.3, -0.25) is 0 Å². The first kappa shape index (κ1) is 12.3. The number of aliphatic hydroxyl groups is 1. The molecule has 0 aliphatic carbocycles. The van der Waals surface area contributed by atoms with Gasteiger partial charge in [0.15, 0.2) is 0 Å². The van der Waals surface area contributed by atoms with E-state index < -0.39 is 0 Å². The predicted molar refractivity (Wildman–Crippen MR) is 66.7 cm³/mol. The number of halogens is 1. The highest BCUT2D eigenvalue weighted by atomic mass is 19.1. The lowest BCUT2D eigenvalue weighted by atomic mass is 10.2. The Labute approximate surface area is 101 Å². The van der Waals surface area contributed by atoms with E-state index in [-0.39, 0.29) is 11.9 Å². The maximum absolute atomic E-state index is 12.8. The number of rotatable bonds is 4. The third kappa shape index (κ3) is 3.17. The molecule has 0 aromatic heterocycles. The summed E-state index contributed by atoms with van der Waals surface area (Å²) in [5, 5.41) is 12.7. The van der Waals surface area contributed by atoms with E-state index in [0.29, 0.717) is 12.6 Å². The van der Waals surface area contributed by atoms with E-state index in [1.54, 1.807) is 12.1 Å². The van der Waals surface area contributed by atoms with Gasteiger partial charge in [-0.05, 0) is 37.6 Å². The number of nitrogens with one attached hydrogen (secondary N) is 1. The lowest BCUT2D eigenvalue weighted by Gasteiger charge is -2.26. The molecule has 2 atom stereocenters. The number of aliphatic hydroxyl groups excluding tert-OH is 1. The van der Waals surface area contributed by atoms with Crippen LogP contribution in [0.2, 0.25) is 0 Å². The van der Waals surface area contributed by atoms with E-state index in [4.69, 9.17) is 0 Å². The number of likely N-dealkylation sites (N-methyl/N-ethyl adjacent to an activating group) is 1. The van der Waals surface area contributed by atoms with Crippen molar-refractivity contribution >= 4 is 5.69 Å². The second-order valence-electron chi connectivity index (χ2n) is 4.51. The first-order valence-corrected chi connectivity index (χ1v) is 6.11. The van der Waals surface area contributed by atoms with Crippen molar-refractivity contribution in [1.29, 1.82) is 0 Å². The Bertz CT molecular complexity index is 355. The molecule has 1 aromatic carbocycles. The fraction of sp³-hybridized carbons (Fsp3) is 0.538. The summed E-state index contributed by atoms with van der Waals surface area (Å²) < 4.78 is 12.8. The quantitative estimate of drug-likeness (QED) is 0.831. The van der Waals surface area contributed by atoms with Crippen LogP contribution in [0.15, 0.2) is 24.3 Å². The summed E-state index contributed by atoms with van der Waals surface area (Å²) in [6.45, 7) is 4.47. The van der Waals surface area contributed by atoms with Crippen molar-refractivity contribution in [2.75, 3.05) is 24.5 Å². The van der Waals surface area contributed by atoms with Gasteiger partial charge in [-0.2, -0.15) is 0 Å². The third-order valence-corrected chi connectivity index (χ3v) is 3.21. The molecule has 1 aliphatic rings. The molecule has 1 aromatic rings. The second-order valence-corrected chi connectivity index (χ2v) is 4.51. The molecule has 4 heteroatoms. The minimum Gasteiger partial charge on any atom is -0.392 e. The number of hydrogen-bond acceptors (Lipinski definition) is 3. The van der Waals surface area contributed by atoms with Crippen LogP contribution in [0.5, 0.6) is 0 Å². The summed E-state index contributed by atoms with van der Waals surface area (Å²) in [6, 6.07) is 6.87. The van der Waals surface area contributed by atoms with E-state index in [9.17, 15) is 9.50 Å². The molecule has 0 amide bonds. The molecule has 0 radical (unpaired) electrons. The average molecular weight is 238 g/mol. The summed E-state index contributed by atoms with van der Waals surface area (Å²) in [5.41, 5.74) is 1.03. The molecule has 1 heterocycles. The highest BCUT2D eigenvalue weighted by Crippen LogP contribution is 2.17. The zero-order valence-electron chi connectivity index (χ0n) is 10.1. The molecular formula is C13H19FN2O. The molecule has 17 heavy (non-hydrogen) atoms. The molecule has 94 valence electrons. The van der Waals surface area contributed by atoms with Crippen molar-refractivity contribution < 1.29 is 9.50 Å². The Morgan fingerprint density at radius 3 is 2.65 bits per heavy atom. The molecule has 1 fully saturated rings. The Kier molecular flexibility index (Phi) is 3.97. The normalized spacial score (nSPS) is 23.9. The fourth-order valence-corrected chi connectivity index (χ4v) is 2.27. The minimum atomic E-state index is -0.230. The molecular weight excluding hydrogens is 219 g/mol. The molecule has 0 bridgehead atoms. The summed E-state index contributed by atoms with van der Waals surface area (Å²) in [7, 11) is 0. The Morgan fingerprint density at radius 1 is 1.41 bits per heavy atom. The van der Waals surface area contributed by atoms with Gasteiger partial charge in [0.05, 0.1) is 6.10 Å². The SMILES string of the molecule is CCN(CC1CC(O)CN1)c1ccc(F)cc1. The van der Waals surface area contributed by atoms with Gasteiger partial charge < -0.3 is 15.3 Å². The summed E-state index contributed by atoms with van der Waals surface area (Å²) >= 11 is 0. The molecule has 3 nitrogen and oxygen atoms in total. The minimum absolute atomic E-state index is 0.209. The number of hydrogen-bond donors (Lipinski definition) is 2. The fourth-order valence-electron chi connectivity index (χ4n) is 2.27. The summed E-state index contributed by atoms with van der Waals surface area (Å²) in [6.07, 6.45) is 0.560. The first-order valence-electron chi connectivity index (χ1n) is 6.11. The zero-order chi connectivity index (χ0) is 12.3. The van der Waals surface area contributed by atoms with E-state index >= 15 is 0 Å². The predicted octanol–water partition coefficient (Wildman–Crippen LogP) is 1.37. The van der Waals surface area contributed by atoms with E-state index in [1.807, 2.05) is 0 Å². The van der Waals surface area contributed by atoms with E-state index in [2.05, 4.69) is 17.1 Å². The lowest BCUT2D eigenvalue weighted by Crippen LogP contribution is -2.37. The van der Waals surface area contributed by atoms with Crippen LogP contribution in [-0.2, 0) is 0 Å². The molecule has 2 N–H and O–H groups in total. The summed E-state index contributed by atoms with van der Waals surface area (Å²) in [5.74, 6) is -0.209. The highest BCUT2D eigenvalue weighted by Gasteiger charge is 2.23. The first-order chi connectivity index (χ1) is 8.19. The van der Waals surface area contributed by atoms with Crippen LogP contribution in [0.4, 0.5) is 10.1 Å². The number of anilines is 1. The molecule has 1 aliphatic heterocycles. The lowest BCUT2D eigenvalue weighted by molar-refractivity contribution is 0.193. The standard InChI is InChI=1S/C13H19FN2O/c1-2-16(9-11-7-13(17)8-15-11)12-5-3-10(14)4-6-12/h3-6,11,13,15,17H,2,7-9H2,1H3. The highest BCUT2D eigenvalue weighted by molar-refractivity contribution is 5.46. The third-order valence-electron chi connectivity index (χ3n) is 3.21. The van der Waals surface area contributed by atoms with Gasteiger partial charge in [0.25, 0.3) is 0 Å². The van der Waals surface area contributed by atoms with Gasteiger partial charge in [0.2, 0.25) is 0 Å². The molecule has 1 saturated heterocycles. The van der Waals surface area contributed by atoms with Crippen molar-refractivity contribution in [1.82, 2.24) is 5.32 Å². The average Bonchev–Trinajstić information content (AvgIpc) is 2.73. The van der Waals surface area contributed by atoms with E-state index in [1.165, 1.54) is 12.1 Å². The monoisotopic (exact) mass is 238 g/mol. The Morgan fingerprint density at radius 2 is 2.12 bits per heavy atom. The Balaban J connectivity index is 1.98. The zero-order valence-corrected chi connectivity index (χ0v) is 10.1. The van der Waals surface area contributed by atoms with Gasteiger partial charge in [-0.25, -0.2) is 4.39 Å². The topological polar surface area (TPSA) is 35.5 Å². The summed E-state index contributed by atoms with van der Waals surface area (Å²) in [4.78, 5) is 2.19. The van der Waals surface area contributed by atoms with Gasteiger partial charge >= 0.3 is 0 Å². The van der Waals surface area contributed by atoms with Crippen LogP contribution in [0.3, 0.4) is 0 Å². The molecule has 0 spiro atoms. The maximum Gasteiger partial charge on any atom is 0.123 e. The van der Waals surface area contributed by atoms with Crippen LogP contribution >= 0.6 is 0 Å². The molecule has 2 rings (SSSR count). The van der Waals surface area contributed by atoms with Crippen LogP contribution < -0.4 is 10.2 Å². The van der Waals surface area contributed by atoms with Gasteiger partial charge in [-0.15, -0.1) is 0 Å². The van der Waals surface area contributed by atoms with Crippen LogP contribution in [0.25, 0.3) is 0 Å². The van der Waals surface area contributed by atoms with Crippen molar-refractivity contribution in [3.63, 3.8) is 0 Å². The number of nitrogens with zero attached hydrogens (tertiary/aromatic N) is 1. The largest absolute Gasteiger partial charge is 0.392 e. The number of benzene rings is 1. The van der Waals surface area contributed by atoms with Gasteiger partial charge in [0, 0.05) is 31.4 Å². The van der Waals surface area contributed by atoms with Gasteiger partial charge in [-0.1, -0.05) is 0 Å². The Hall–Kier alpha value is -1.13. The molecule has 2 unspecified atom stereocenters. The van der Waals surface area contributed by atoms with Gasteiger partial charge in [0.1, 0.15) is 5.82 Å². The van der Waals surface area contributed by atoms with Crippen molar-refractivity contribution in [2.45, 2.75) is 25.5 Å². The second kappa shape index (κ2) is 5.47. The van der Waals surface area contributed by atoms with Crippen molar-refractivity contribution in [3.05, 3.63) is 30.1 Å². The van der Waals surface area contributed by atoms with Crippen LogP contribution in [0.1, 0.15) is 13.3 Å². The van der Waals surface area contributed by atoms with Crippen molar-refractivity contribution in [3.8, 4) is 0 Å². The van der Waals surface area contributed by atoms with Crippen molar-refractivity contribution in [2.24, 2.45) is 0 Å². The number of β-amino-alcohol motifs (C(OH)–C–C–N with tert-alkyl or cyclic N) is 1. The van der Waals surface area contributed by atoms with E-state index in [0.717, 1.165) is 25.2 Å².